The molecule has 0 radical (unpaired) electrons. The van der Waals surface area contributed by atoms with Crippen LogP contribution in [-0.4, -0.2) is 31.2 Å². The van der Waals surface area contributed by atoms with Crippen molar-refractivity contribution in [2.75, 3.05) is 0 Å². The molecule has 7 heteroatoms. The first-order valence-corrected chi connectivity index (χ1v) is 6.53. The third-order valence-corrected chi connectivity index (χ3v) is 3.74. The van der Waals surface area contributed by atoms with E-state index in [0.29, 0.717) is 30.4 Å². The number of aliphatic carboxylic acids is 1. The Morgan fingerprint density at radius 1 is 1.25 bits per heavy atom. The molecule has 2 aromatic heterocycles. The minimum atomic E-state index is -0.786. The van der Waals surface area contributed by atoms with Gasteiger partial charge in [0.05, 0.1) is 5.41 Å². The van der Waals surface area contributed by atoms with E-state index < -0.39 is 11.4 Å². The van der Waals surface area contributed by atoms with Crippen LogP contribution in [0.2, 0.25) is 0 Å². The first kappa shape index (κ1) is 12.7. The number of hydrogen-bond donors (Lipinski definition) is 1. The predicted octanol–water partition coefficient (Wildman–Crippen LogP) is 1.71. The maximum Gasteiger partial charge on any atom is 0.310 e. The molecule has 0 aliphatic heterocycles. The summed E-state index contributed by atoms with van der Waals surface area (Å²) in [6, 6.07) is 1.70. The molecule has 7 nitrogen and oxygen atoms in total. The molecule has 0 atom stereocenters. The summed E-state index contributed by atoms with van der Waals surface area (Å²) < 4.78 is 5.15. The third-order valence-electron chi connectivity index (χ3n) is 3.74. The fraction of sp³-hybridized carbons (Fsp3) is 0.462. The van der Waals surface area contributed by atoms with E-state index in [1.54, 1.807) is 18.5 Å². The van der Waals surface area contributed by atoms with Gasteiger partial charge in [-0.1, -0.05) is 18.0 Å². The average molecular weight is 274 g/mol. The molecular formula is C13H14N4O3. The summed E-state index contributed by atoms with van der Waals surface area (Å²) in [5.74, 6) is 0.208. The van der Waals surface area contributed by atoms with E-state index in [-0.39, 0.29) is 6.42 Å². The van der Waals surface area contributed by atoms with Gasteiger partial charge < -0.3 is 9.63 Å². The monoisotopic (exact) mass is 274 g/mol. The van der Waals surface area contributed by atoms with Gasteiger partial charge in [-0.2, -0.15) is 4.98 Å². The van der Waals surface area contributed by atoms with Crippen molar-refractivity contribution in [3.05, 3.63) is 24.4 Å². The van der Waals surface area contributed by atoms with Crippen LogP contribution in [0, 0.1) is 5.41 Å². The predicted molar refractivity (Wildman–Crippen MR) is 67.6 cm³/mol. The second kappa shape index (κ2) is 4.99. The molecule has 1 N–H and O–H groups in total. The zero-order valence-corrected chi connectivity index (χ0v) is 10.8. The van der Waals surface area contributed by atoms with E-state index >= 15 is 0 Å². The number of hydrogen-bond acceptors (Lipinski definition) is 6. The fourth-order valence-electron chi connectivity index (χ4n) is 2.64. The van der Waals surface area contributed by atoms with Crippen LogP contribution in [0.25, 0.3) is 11.6 Å². The minimum Gasteiger partial charge on any atom is -0.481 e. The molecule has 0 spiro atoms. The second-order valence-corrected chi connectivity index (χ2v) is 5.05. The molecule has 1 aliphatic rings. The maximum atomic E-state index is 11.5. The summed E-state index contributed by atoms with van der Waals surface area (Å²) in [5.41, 5.74) is -0.763. The van der Waals surface area contributed by atoms with Crippen molar-refractivity contribution < 1.29 is 14.4 Å². The summed E-state index contributed by atoms with van der Waals surface area (Å²) in [5, 5.41) is 13.2. The highest BCUT2D eigenvalue weighted by atomic mass is 16.5. The Morgan fingerprint density at radius 2 is 1.95 bits per heavy atom. The Bertz CT molecular complexity index is 605. The number of rotatable bonds is 4. The minimum absolute atomic E-state index is 0.266. The van der Waals surface area contributed by atoms with Crippen LogP contribution in [0.3, 0.4) is 0 Å². The molecule has 104 valence electrons. The van der Waals surface area contributed by atoms with Crippen molar-refractivity contribution in [2.45, 2.75) is 32.1 Å². The average Bonchev–Trinajstić information content (AvgIpc) is 3.10. The molecule has 1 aliphatic carbocycles. The van der Waals surface area contributed by atoms with Gasteiger partial charge in [0.2, 0.25) is 17.5 Å². The van der Waals surface area contributed by atoms with Crippen molar-refractivity contribution in [3.63, 3.8) is 0 Å². The molecule has 0 saturated heterocycles. The van der Waals surface area contributed by atoms with Gasteiger partial charge in [0.25, 0.3) is 0 Å². The summed E-state index contributed by atoms with van der Waals surface area (Å²) in [6.45, 7) is 0. The molecule has 0 unspecified atom stereocenters. The highest BCUT2D eigenvalue weighted by Crippen LogP contribution is 2.41. The molecule has 0 aromatic carbocycles. The molecule has 0 amide bonds. The van der Waals surface area contributed by atoms with Crippen LogP contribution >= 0.6 is 0 Å². The molecule has 1 saturated carbocycles. The summed E-state index contributed by atoms with van der Waals surface area (Å²) in [7, 11) is 0. The van der Waals surface area contributed by atoms with Gasteiger partial charge in [-0.05, 0) is 18.9 Å². The quantitative estimate of drug-likeness (QED) is 0.905. The van der Waals surface area contributed by atoms with Gasteiger partial charge in [0, 0.05) is 18.8 Å². The van der Waals surface area contributed by atoms with Gasteiger partial charge in [-0.25, -0.2) is 9.97 Å². The van der Waals surface area contributed by atoms with Gasteiger partial charge in [-0.3, -0.25) is 4.79 Å². The largest absolute Gasteiger partial charge is 0.481 e. The highest BCUT2D eigenvalue weighted by Gasteiger charge is 2.42. The van der Waals surface area contributed by atoms with E-state index in [4.69, 9.17) is 4.52 Å². The molecule has 0 bridgehead atoms. The standard InChI is InChI=1S/C13H14N4O3/c18-12(19)13(4-1-2-5-13)8-9-16-11(17-20-9)10-14-6-3-7-15-10/h3,6-7H,1-2,4-5,8H2,(H,18,19). The van der Waals surface area contributed by atoms with E-state index in [1.807, 2.05) is 0 Å². The molecule has 3 rings (SSSR count). The van der Waals surface area contributed by atoms with Crippen LogP contribution < -0.4 is 0 Å². The van der Waals surface area contributed by atoms with Crippen LogP contribution in [-0.2, 0) is 11.2 Å². The number of aromatic nitrogens is 4. The Hall–Kier alpha value is -2.31. The zero-order chi connectivity index (χ0) is 14.0. The van der Waals surface area contributed by atoms with Gasteiger partial charge in [-0.15, -0.1) is 0 Å². The van der Waals surface area contributed by atoms with E-state index in [2.05, 4.69) is 20.1 Å². The lowest BCUT2D eigenvalue weighted by Gasteiger charge is -2.21. The van der Waals surface area contributed by atoms with Crippen LogP contribution in [0.5, 0.6) is 0 Å². The summed E-state index contributed by atoms with van der Waals surface area (Å²) in [4.78, 5) is 23.8. The number of carboxylic acid groups (broad SMARTS) is 1. The van der Waals surface area contributed by atoms with Gasteiger partial charge >= 0.3 is 5.97 Å². The van der Waals surface area contributed by atoms with Crippen LogP contribution in [0.15, 0.2) is 23.0 Å². The van der Waals surface area contributed by atoms with Crippen molar-refractivity contribution in [3.8, 4) is 11.6 Å². The molecule has 20 heavy (non-hydrogen) atoms. The Kier molecular flexibility index (Phi) is 3.17. The van der Waals surface area contributed by atoms with Crippen molar-refractivity contribution in [2.24, 2.45) is 5.41 Å². The smallest absolute Gasteiger partial charge is 0.310 e. The highest BCUT2D eigenvalue weighted by molar-refractivity contribution is 5.75. The lowest BCUT2D eigenvalue weighted by Crippen LogP contribution is -2.30. The lowest BCUT2D eigenvalue weighted by molar-refractivity contribution is -0.148. The SMILES string of the molecule is O=C(O)C1(Cc2nc(-c3ncccn3)no2)CCCC1. The normalized spacial score (nSPS) is 17.2. The molecule has 2 heterocycles. The second-order valence-electron chi connectivity index (χ2n) is 5.05. The van der Waals surface area contributed by atoms with Crippen LogP contribution in [0.4, 0.5) is 0 Å². The topological polar surface area (TPSA) is 102 Å². The number of carbonyl (C=O) groups is 1. The molecular weight excluding hydrogens is 260 g/mol. The maximum absolute atomic E-state index is 11.5. The third kappa shape index (κ3) is 2.26. The number of nitrogens with zero attached hydrogens (tertiary/aromatic N) is 4. The first-order valence-electron chi connectivity index (χ1n) is 6.53. The first-order chi connectivity index (χ1) is 9.70. The van der Waals surface area contributed by atoms with Gasteiger partial charge in [0.15, 0.2) is 0 Å². The Morgan fingerprint density at radius 3 is 2.60 bits per heavy atom. The van der Waals surface area contributed by atoms with Crippen molar-refractivity contribution in [1.29, 1.82) is 0 Å². The van der Waals surface area contributed by atoms with E-state index in [0.717, 1.165) is 12.8 Å². The van der Waals surface area contributed by atoms with Crippen molar-refractivity contribution in [1.82, 2.24) is 20.1 Å². The fourth-order valence-corrected chi connectivity index (χ4v) is 2.64. The number of carboxylic acids is 1. The van der Waals surface area contributed by atoms with E-state index in [9.17, 15) is 9.90 Å². The van der Waals surface area contributed by atoms with Crippen LogP contribution in [0.1, 0.15) is 31.6 Å². The van der Waals surface area contributed by atoms with Gasteiger partial charge in [0.1, 0.15) is 0 Å². The Balaban J connectivity index is 1.82. The summed E-state index contributed by atoms with van der Waals surface area (Å²) >= 11 is 0. The van der Waals surface area contributed by atoms with Crippen molar-refractivity contribution >= 4 is 5.97 Å². The lowest BCUT2D eigenvalue weighted by atomic mass is 9.83. The zero-order valence-electron chi connectivity index (χ0n) is 10.8. The molecule has 2 aromatic rings. The Labute approximate surface area is 115 Å². The molecule has 1 fully saturated rings. The van der Waals surface area contributed by atoms with E-state index in [1.165, 1.54) is 0 Å². The summed E-state index contributed by atoms with van der Waals surface area (Å²) in [6.07, 6.45) is 6.61.